The molecule has 110 valence electrons. The van der Waals surface area contributed by atoms with E-state index < -0.39 is 0 Å². The number of carbonyl (C=O) groups excluding carboxylic acids is 1. The SMILES string of the molecule is CCC(NC(=O)c1ccc(Br)c(O)c1)C1CCCCC1. The van der Waals surface area contributed by atoms with Crippen LogP contribution in [0.1, 0.15) is 55.8 Å². The van der Waals surface area contributed by atoms with Crippen LogP contribution in [0.4, 0.5) is 0 Å². The van der Waals surface area contributed by atoms with Gasteiger partial charge in [0.15, 0.2) is 0 Å². The van der Waals surface area contributed by atoms with Crippen LogP contribution in [0.5, 0.6) is 5.75 Å². The van der Waals surface area contributed by atoms with Gasteiger partial charge in [-0.25, -0.2) is 0 Å². The maximum absolute atomic E-state index is 12.3. The summed E-state index contributed by atoms with van der Waals surface area (Å²) in [6.45, 7) is 2.12. The van der Waals surface area contributed by atoms with Crippen molar-refractivity contribution in [3.63, 3.8) is 0 Å². The van der Waals surface area contributed by atoms with Crippen molar-refractivity contribution < 1.29 is 9.90 Å². The third kappa shape index (κ3) is 3.75. The van der Waals surface area contributed by atoms with Gasteiger partial charge >= 0.3 is 0 Å². The number of hydrogen-bond donors (Lipinski definition) is 2. The van der Waals surface area contributed by atoms with Crippen molar-refractivity contribution in [3.05, 3.63) is 28.2 Å². The van der Waals surface area contributed by atoms with E-state index in [1.54, 1.807) is 12.1 Å². The first-order valence-corrected chi connectivity index (χ1v) is 8.20. The molecule has 0 heterocycles. The zero-order valence-electron chi connectivity index (χ0n) is 11.9. The Morgan fingerprint density at radius 2 is 2.10 bits per heavy atom. The molecule has 1 unspecified atom stereocenters. The Balaban J connectivity index is 2.02. The van der Waals surface area contributed by atoms with Gasteiger partial charge in [-0.05, 0) is 59.3 Å². The fourth-order valence-electron chi connectivity index (χ4n) is 3.00. The van der Waals surface area contributed by atoms with Crippen molar-refractivity contribution >= 4 is 21.8 Å². The largest absolute Gasteiger partial charge is 0.507 e. The molecule has 4 heteroatoms. The molecule has 0 bridgehead atoms. The van der Waals surface area contributed by atoms with Crippen LogP contribution >= 0.6 is 15.9 Å². The first-order chi connectivity index (χ1) is 9.61. The fourth-order valence-corrected chi connectivity index (χ4v) is 3.24. The van der Waals surface area contributed by atoms with Gasteiger partial charge in [0.25, 0.3) is 5.91 Å². The standard InChI is InChI=1S/C16H22BrNO2/c1-2-14(11-6-4-3-5-7-11)18-16(20)12-8-9-13(17)15(19)10-12/h8-11,14,19H,2-7H2,1H3,(H,18,20). The van der Waals surface area contributed by atoms with Crippen LogP contribution in [-0.2, 0) is 0 Å². The molecule has 0 radical (unpaired) electrons. The Bertz CT molecular complexity index is 470. The van der Waals surface area contributed by atoms with Crippen molar-refractivity contribution in [2.24, 2.45) is 5.92 Å². The van der Waals surface area contributed by atoms with Crippen molar-refractivity contribution in [1.82, 2.24) is 5.32 Å². The van der Waals surface area contributed by atoms with E-state index in [9.17, 15) is 9.90 Å². The first kappa shape index (κ1) is 15.4. The van der Waals surface area contributed by atoms with Crippen LogP contribution in [0.3, 0.4) is 0 Å². The first-order valence-electron chi connectivity index (χ1n) is 7.41. The monoisotopic (exact) mass is 339 g/mol. The minimum Gasteiger partial charge on any atom is -0.507 e. The maximum atomic E-state index is 12.3. The summed E-state index contributed by atoms with van der Waals surface area (Å²) in [7, 11) is 0. The molecule has 0 aliphatic heterocycles. The van der Waals surface area contributed by atoms with E-state index in [0.717, 1.165) is 6.42 Å². The highest BCUT2D eigenvalue weighted by Crippen LogP contribution is 2.28. The van der Waals surface area contributed by atoms with Gasteiger partial charge < -0.3 is 10.4 Å². The Morgan fingerprint density at radius 1 is 1.40 bits per heavy atom. The van der Waals surface area contributed by atoms with Gasteiger partial charge in [0, 0.05) is 11.6 Å². The third-order valence-corrected chi connectivity index (χ3v) is 4.85. The summed E-state index contributed by atoms with van der Waals surface area (Å²) >= 11 is 3.22. The van der Waals surface area contributed by atoms with Crippen molar-refractivity contribution in [1.29, 1.82) is 0 Å². The summed E-state index contributed by atoms with van der Waals surface area (Å²) in [5.41, 5.74) is 0.514. The second-order valence-corrected chi connectivity index (χ2v) is 6.41. The number of carbonyl (C=O) groups is 1. The molecule has 3 nitrogen and oxygen atoms in total. The van der Waals surface area contributed by atoms with Crippen LogP contribution in [0, 0.1) is 5.92 Å². The molecule has 0 saturated heterocycles. The molecular formula is C16H22BrNO2. The summed E-state index contributed by atoms with van der Waals surface area (Å²) in [6, 6.07) is 5.18. The Kier molecular flexibility index (Phi) is 5.46. The van der Waals surface area contributed by atoms with Crippen LogP contribution in [-0.4, -0.2) is 17.1 Å². The lowest BCUT2D eigenvalue weighted by molar-refractivity contribution is 0.0910. The highest BCUT2D eigenvalue weighted by Gasteiger charge is 2.24. The highest BCUT2D eigenvalue weighted by molar-refractivity contribution is 9.10. The minimum absolute atomic E-state index is 0.0924. The van der Waals surface area contributed by atoms with Gasteiger partial charge in [-0.15, -0.1) is 0 Å². The second kappa shape index (κ2) is 7.11. The van der Waals surface area contributed by atoms with Gasteiger partial charge in [0.1, 0.15) is 5.75 Å². The molecule has 2 rings (SSSR count). The molecule has 2 N–H and O–H groups in total. The number of hydrogen-bond acceptors (Lipinski definition) is 2. The number of aromatic hydroxyl groups is 1. The zero-order valence-corrected chi connectivity index (χ0v) is 13.4. The third-order valence-electron chi connectivity index (χ3n) is 4.18. The van der Waals surface area contributed by atoms with Gasteiger partial charge in [0.2, 0.25) is 0 Å². The lowest BCUT2D eigenvalue weighted by atomic mass is 9.83. The molecule has 1 aliphatic rings. The van der Waals surface area contributed by atoms with E-state index in [2.05, 4.69) is 28.2 Å². The van der Waals surface area contributed by atoms with E-state index in [-0.39, 0.29) is 17.7 Å². The average Bonchev–Trinajstić information content (AvgIpc) is 2.48. The van der Waals surface area contributed by atoms with Crippen LogP contribution in [0.2, 0.25) is 0 Å². The number of phenols is 1. The van der Waals surface area contributed by atoms with Crippen molar-refractivity contribution in [2.75, 3.05) is 0 Å². The van der Waals surface area contributed by atoms with Gasteiger partial charge in [0.05, 0.1) is 4.47 Å². The fraction of sp³-hybridized carbons (Fsp3) is 0.562. The summed E-state index contributed by atoms with van der Waals surface area (Å²) < 4.78 is 0.605. The van der Waals surface area contributed by atoms with Gasteiger partial charge in [-0.2, -0.15) is 0 Å². The summed E-state index contributed by atoms with van der Waals surface area (Å²) in [4.78, 5) is 12.3. The van der Waals surface area contributed by atoms with E-state index >= 15 is 0 Å². The number of phenolic OH excluding ortho intramolecular Hbond substituents is 1. The molecule has 1 aliphatic carbocycles. The maximum Gasteiger partial charge on any atom is 0.251 e. The molecule has 20 heavy (non-hydrogen) atoms. The number of amides is 1. The number of halogens is 1. The van der Waals surface area contributed by atoms with Crippen LogP contribution < -0.4 is 5.32 Å². The molecule has 1 amide bonds. The number of nitrogens with one attached hydrogen (secondary N) is 1. The topological polar surface area (TPSA) is 49.3 Å². The van der Waals surface area contributed by atoms with Crippen molar-refractivity contribution in [2.45, 2.75) is 51.5 Å². The predicted molar refractivity (Wildman–Crippen MR) is 83.9 cm³/mol. The number of rotatable bonds is 4. The Labute approximate surface area is 128 Å². The normalized spacial score (nSPS) is 17.7. The molecule has 1 saturated carbocycles. The molecule has 0 aromatic heterocycles. The van der Waals surface area contributed by atoms with E-state index in [1.807, 2.05) is 0 Å². The summed E-state index contributed by atoms with van der Waals surface area (Å²) in [5, 5.41) is 12.8. The lowest BCUT2D eigenvalue weighted by Gasteiger charge is -2.30. The van der Waals surface area contributed by atoms with E-state index in [1.165, 1.54) is 38.2 Å². The summed E-state index contributed by atoms with van der Waals surface area (Å²) in [6.07, 6.45) is 7.25. The van der Waals surface area contributed by atoms with Crippen molar-refractivity contribution in [3.8, 4) is 5.75 Å². The quantitative estimate of drug-likeness (QED) is 0.861. The highest BCUT2D eigenvalue weighted by atomic mass is 79.9. The zero-order chi connectivity index (χ0) is 14.5. The van der Waals surface area contributed by atoms with Gasteiger partial charge in [-0.1, -0.05) is 26.2 Å². The predicted octanol–water partition coefficient (Wildman–Crippen LogP) is 4.24. The molecule has 1 atom stereocenters. The molecule has 1 fully saturated rings. The lowest BCUT2D eigenvalue weighted by Crippen LogP contribution is -2.40. The van der Waals surface area contributed by atoms with Crippen LogP contribution in [0.15, 0.2) is 22.7 Å². The molecule has 1 aromatic rings. The van der Waals surface area contributed by atoms with Gasteiger partial charge in [-0.3, -0.25) is 4.79 Å². The Morgan fingerprint density at radius 3 is 2.70 bits per heavy atom. The molecule has 0 spiro atoms. The number of benzene rings is 1. The average molecular weight is 340 g/mol. The summed E-state index contributed by atoms with van der Waals surface area (Å²) in [5.74, 6) is 0.607. The van der Waals surface area contributed by atoms with E-state index in [4.69, 9.17) is 0 Å². The van der Waals surface area contributed by atoms with Crippen LogP contribution in [0.25, 0.3) is 0 Å². The minimum atomic E-state index is -0.0924. The smallest absolute Gasteiger partial charge is 0.251 e. The second-order valence-electron chi connectivity index (χ2n) is 5.55. The molecular weight excluding hydrogens is 318 g/mol. The Hall–Kier alpha value is -1.03. The molecule has 1 aromatic carbocycles. The van der Waals surface area contributed by atoms with E-state index in [0.29, 0.717) is 16.0 Å².